The molecule has 0 N–H and O–H groups in total. The third kappa shape index (κ3) is 3.08. The zero-order valence-corrected chi connectivity index (χ0v) is 19.1. The second-order valence-electron chi connectivity index (χ2n) is 8.81. The topological polar surface area (TPSA) is 16.1 Å². The number of para-hydroxylation sites is 3. The molecule has 2 heterocycles. The van der Waals surface area contributed by atoms with Gasteiger partial charge in [-0.3, -0.25) is 4.98 Å². The maximum absolute atomic E-state index is 4.61. The van der Waals surface area contributed by atoms with E-state index in [2.05, 4.69) is 131 Å². The van der Waals surface area contributed by atoms with Gasteiger partial charge in [0.25, 0.3) is 0 Å². The van der Waals surface area contributed by atoms with Gasteiger partial charge in [0.05, 0.1) is 22.6 Å². The molecule has 0 radical (unpaired) electrons. The molecular formula is C33H22N2. The number of benzene rings is 5. The van der Waals surface area contributed by atoms with E-state index in [4.69, 9.17) is 0 Å². The van der Waals surface area contributed by atoms with Gasteiger partial charge >= 0.3 is 0 Å². The Bertz CT molecular complexity index is 1640. The molecule has 0 saturated carbocycles. The van der Waals surface area contributed by atoms with E-state index in [1.165, 1.54) is 44.8 Å². The van der Waals surface area contributed by atoms with Crippen molar-refractivity contribution in [3.8, 4) is 33.4 Å². The summed E-state index contributed by atoms with van der Waals surface area (Å²) in [7, 11) is 0. The van der Waals surface area contributed by atoms with Gasteiger partial charge in [-0.05, 0) is 47.0 Å². The van der Waals surface area contributed by atoms with Gasteiger partial charge in [-0.25, -0.2) is 0 Å². The molecule has 0 saturated heterocycles. The number of hydrogen-bond donors (Lipinski definition) is 0. The van der Waals surface area contributed by atoms with Crippen LogP contribution in [0.2, 0.25) is 0 Å². The summed E-state index contributed by atoms with van der Waals surface area (Å²) in [6.07, 6.45) is 1.86. The number of aromatic nitrogens is 1. The summed E-state index contributed by atoms with van der Waals surface area (Å²) < 4.78 is 0. The highest BCUT2D eigenvalue weighted by molar-refractivity contribution is 6.06. The van der Waals surface area contributed by atoms with Crippen molar-refractivity contribution in [2.24, 2.45) is 0 Å². The summed E-state index contributed by atoms with van der Waals surface area (Å²) in [5.41, 5.74) is 11.8. The molecule has 0 unspecified atom stereocenters. The summed E-state index contributed by atoms with van der Waals surface area (Å²) in [5.74, 6) is 0. The van der Waals surface area contributed by atoms with Crippen LogP contribution in [0.4, 0.5) is 17.1 Å². The van der Waals surface area contributed by atoms with Gasteiger partial charge in [0.1, 0.15) is 0 Å². The van der Waals surface area contributed by atoms with Gasteiger partial charge in [0.2, 0.25) is 0 Å². The van der Waals surface area contributed by atoms with Crippen LogP contribution < -0.4 is 4.90 Å². The van der Waals surface area contributed by atoms with E-state index < -0.39 is 0 Å². The molecule has 2 heteroatoms. The average molecular weight is 447 g/mol. The molecule has 0 aliphatic carbocycles. The Labute approximate surface area is 204 Å². The molecule has 0 bridgehead atoms. The standard InChI is InChI=1S/C33H22N2/c1-2-12-24-23(11-1)27-13-3-6-19-31(27)35(32-20-7-4-14-28(24)32)33-21-8-5-15-29(33)25-16-9-18-30-26(25)17-10-22-34-30/h1-22H. The largest absolute Gasteiger partial charge is 0.309 e. The summed E-state index contributed by atoms with van der Waals surface area (Å²) >= 11 is 0. The van der Waals surface area contributed by atoms with Crippen LogP contribution in [-0.4, -0.2) is 4.98 Å². The predicted molar refractivity (Wildman–Crippen MR) is 146 cm³/mol. The lowest BCUT2D eigenvalue weighted by molar-refractivity contribution is 1.29. The Kier molecular flexibility index (Phi) is 4.49. The highest BCUT2D eigenvalue weighted by atomic mass is 15.2. The van der Waals surface area contributed by atoms with Crippen molar-refractivity contribution in [2.45, 2.75) is 0 Å². The molecule has 6 aromatic rings. The minimum atomic E-state index is 1.00. The lowest BCUT2D eigenvalue weighted by atomic mass is 9.95. The van der Waals surface area contributed by atoms with Gasteiger partial charge in [0.15, 0.2) is 0 Å². The van der Waals surface area contributed by atoms with Crippen LogP contribution in [0.5, 0.6) is 0 Å². The maximum Gasteiger partial charge on any atom is 0.0708 e. The van der Waals surface area contributed by atoms with Crippen LogP contribution in [0.15, 0.2) is 134 Å². The minimum absolute atomic E-state index is 1.00. The van der Waals surface area contributed by atoms with Gasteiger partial charge in [-0.1, -0.05) is 97.1 Å². The number of rotatable bonds is 2. The number of anilines is 3. The van der Waals surface area contributed by atoms with Crippen molar-refractivity contribution in [1.29, 1.82) is 0 Å². The molecule has 164 valence electrons. The molecule has 0 amide bonds. The van der Waals surface area contributed by atoms with Crippen molar-refractivity contribution in [2.75, 3.05) is 4.90 Å². The van der Waals surface area contributed by atoms with E-state index in [1.807, 2.05) is 12.3 Å². The molecule has 1 aliphatic heterocycles. The van der Waals surface area contributed by atoms with Gasteiger partial charge in [0, 0.05) is 28.3 Å². The Morgan fingerprint density at radius 2 is 0.829 bits per heavy atom. The second-order valence-corrected chi connectivity index (χ2v) is 8.81. The number of pyridine rings is 1. The Morgan fingerprint density at radius 1 is 0.371 bits per heavy atom. The number of hydrogen-bond acceptors (Lipinski definition) is 2. The van der Waals surface area contributed by atoms with E-state index in [-0.39, 0.29) is 0 Å². The molecule has 7 rings (SSSR count). The smallest absolute Gasteiger partial charge is 0.0708 e. The van der Waals surface area contributed by atoms with Gasteiger partial charge in [-0.15, -0.1) is 0 Å². The number of fused-ring (bicyclic) bond motifs is 6. The van der Waals surface area contributed by atoms with Crippen LogP contribution in [0.3, 0.4) is 0 Å². The van der Waals surface area contributed by atoms with Gasteiger partial charge < -0.3 is 4.90 Å². The minimum Gasteiger partial charge on any atom is -0.309 e. The predicted octanol–water partition coefficient (Wildman–Crippen LogP) is 9.02. The molecule has 2 nitrogen and oxygen atoms in total. The Balaban J connectivity index is 1.58. The van der Waals surface area contributed by atoms with E-state index >= 15 is 0 Å². The summed E-state index contributed by atoms with van der Waals surface area (Å²) in [6, 6.07) is 45.4. The molecule has 35 heavy (non-hydrogen) atoms. The second kappa shape index (κ2) is 7.96. The van der Waals surface area contributed by atoms with E-state index in [0.717, 1.165) is 16.6 Å². The van der Waals surface area contributed by atoms with E-state index in [9.17, 15) is 0 Å². The first-order valence-electron chi connectivity index (χ1n) is 11.9. The average Bonchev–Trinajstić information content (AvgIpc) is 3.06. The molecule has 0 atom stereocenters. The Hall–Kier alpha value is -4.69. The SMILES string of the molecule is c1ccc2c(c1)-c1ccccc1N(c1ccccc1-c1cccc3ncccc13)c1ccccc1-2. The fourth-order valence-corrected chi connectivity index (χ4v) is 5.37. The number of nitrogens with zero attached hydrogens (tertiary/aromatic N) is 2. The normalized spacial score (nSPS) is 11.9. The first-order valence-corrected chi connectivity index (χ1v) is 11.9. The fraction of sp³-hybridized carbons (Fsp3) is 0. The first kappa shape index (κ1) is 19.7. The van der Waals surface area contributed by atoms with Crippen molar-refractivity contribution in [3.63, 3.8) is 0 Å². The third-order valence-electron chi connectivity index (χ3n) is 6.88. The van der Waals surface area contributed by atoms with E-state index in [0.29, 0.717) is 0 Å². The van der Waals surface area contributed by atoms with Crippen molar-refractivity contribution >= 4 is 28.0 Å². The van der Waals surface area contributed by atoms with Crippen molar-refractivity contribution in [3.05, 3.63) is 134 Å². The van der Waals surface area contributed by atoms with Crippen LogP contribution in [0.25, 0.3) is 44.3 Å². The molecular weight excluding hydrogens is 424 g/mol. The molecule has 0 fully saturated rings. The highest BCUT2D eigenvalue weighted by Gasteiger charge is 2.27. The monoisotopic (exact) mass is 446 g/mol. The molecule has 1 aliphatic rings. The quantitative estimate of drug-likeness (QED) is 0.263. The van der Waals surface area contributed by atoms with Crippen molar-refractivity contribution < 1.29 is 0 Å². The summed E-state index contributed by atoms with van der Waals surface area (Å²) in [5, 5.41) is 1.15. The van der Waals surface area contributed by atoms with Crippen LogP contribution in [0, 0.1) is 0 Å². The van der Waals surface area contributed by atoms with Crippen molar-refractivity contribution in [1.82, 2.24) is 4.98 Å². The summed E-state index contributed by atoms with van der Waals surface area (Å²) in [4.78, 5) is 7.04. The van der Waals surface area contributed by atoms with E-state index in [1.54, 1.807) is 0 Å². The Morgan fingerprint density at radius 3 is 1.40 bits per heavy atom. The fourth-order valence-electron chi connectivity index (χ4n) is 5.37. The van der Waals surface area contributed by atoms with Crippen LogP contribution >= 0.6 is 0 Å². The zero-order valence-electron chi connectivity index (χ0n) is 19.1. The lowest BCUT2D eigenvalue weighted by Gasteiger charge is -2.29. The third-order valence-corrected chi connectivity index (χ3v) is 6.88. The van der Waals surface area contributed by atoms with Gasteiger partial charge in [-0.2, -0.15) is 0 Å². The zero-order chi connectivity index (χ0) is 23.2. The van der Waals surface area contributed by atoms with Crippen LogP contribution in [-0.2, 0) is 0 Å². The molecule has 0 spiro atoms. The lowest BCUT2D eigenvalue weighted by Crippen LogP contribution is -2.12. The summed E-state index contributed by atoms with van der Waals surface area (Å²) in [6.45, 7) is 0. The molecule has 5 aromatic carbocycles. The highest BCUT2D eigenvalue weighted by Crippen LogP contribution is 2.52. The maximum atomic E-state index is 4.61. The molecule has 1 aromatic heterocycles. The van der Waals surface area contributed by atoms with Crippen LogP contribution in [0.1, 0.15) is 0 Å². The first-order chi connectivity index (χ1) is 17.4.